The Hall–Kier alpha value is -2.44. The SMILES string of the molecule is [N-]=[N+]=NCC(=O)NC1CCC(NC(=O)CN=[N+]=[N-])CC1. The standard InChI is InChI=1S/C10H16N8O2/c11-17-13-5-9(19)15-7-1-2-8(4-3-7)16-10(20)6-14-18-12/h7-8H,1-6H2,(H,15,19)(H,16,20). The molecule has 10 nitrogen and oxygen atoms in total. The van der Waals surface area contributed by atoms with E-state index < -0.39 is 0 Å². The summed E-state index contributed by atoms with van der Waals surface area (Å²) in [7, 11) is 0. The molecule has 10 heteroatoms. The van der Waals surface area contributed by atoms with Gasteiger partial charge < -0.3 is 10.6 Å². The summed E-state index contributed by atoms with van der Waals surface area (Å²) in [5.41, 5.74) is 16.2. The van der Waals surface area contributed by atoms with Gasteiger partial charge in [0.1, 0.15) is 13.1 Å². The Labute approximate surface area is 115 Å². The molecule has 0 aromatic heterocycles. The number of azide groups is 2. The highest BCUT2D eigenvalue weighted by Gasteiger charge is 2.23. The van der Waals surface area contributed by atoms with Crippen molar-refractivity contribution in [3.8, 4) is 0 Å². The van der Waals surface area contributed by atoms with E-state index in [-0.39, 0.29) is 37.0 Å². The number of hydrogen-bond acceptors (Lipinski definition) is 4. The Morgan fingerprint density at radius 2 is 1.25 bits per heavy atom. The number of hydrogen-bond donors (Lipinski definition) is 2. The van der Waals surface area contributed by atoms with Crippen molar-refractivity contribution in [2.75, 3.05) is 13.1 Å². The minimum absolute atomic E-state index is 0.0432. The predicted molar refractivity (Wildman–Crippen MR) is 70.4 cm³/mol. The highest BCUT2D eigenvalue weighted by Crippen LogP contribution is 2.18. The van der Waals surface area contributed by atoms with E-state index in [0.717, 1.165) is 25.7 Å². The van der Waals surface area contributed by atoms with Gasteiger partial charge in [-0.2, -0.15) is 0 Å². The fourth-order valence-corrected chi connectivity index (χ4v) is 2.12. The molecule has 2 N–H and O–H groups in total. The molecule has 1 aliphatic rings. The fraction of sp³-hybridized carbons (Fsp3) is 0.800. The van der Waals surface area contributed by atoms with Crippen LogP contribution in [-0.4, -0.2) is 37.0 Å². The van der Waals surface area contributed by atoms with Crippen LogP contribution in [0.1, 0.15) is 25.7 Å². The summed E-state index contributed by atoms with van der Waals surface area (Å²) in [6.45, 7) is -0.390. The van der Waals surface area contributed by atoms with Gasteiger partial charge in [-0.1, -0.05) is 10.2 Å². The molecule has 2 amide bonds. The topological polar surface area (TPSA) is 156 Å². The van der Waals surface area contributed by atoms with Crippen molar-refractivity contribution in [1.29, 1.82) is 0 Å². The summed E-state index contributed by atoms with van der Waals surface area (Å²) >= 11 is 0. The maximum atomic E-state index is 11.4. The molecular weight excluding hydrogens is 264 g/mol. The monoisotopic (exact) mass is 280 g/mol. The molecule has 1 saturated carbocycles. The van der Waals surface area contributed by atoms with Crippen molar-refractivity contribution >= 4 is 11.8 Å². The van der Waals surface area contributed by atoms with E-state index in [9.17, 15) is 9.59 Å². The van der Waals surface area contributed by atoms with Crippen molar-refractivity contribution in [2.24, 2.45) is 10.2 Å². The zero-order valence-corrected chi connectivity index (χ0v) is 10.9. The van der Waals surface area contributed by atoms with Crippen LogP contribution < -0.4 is 10.6 Å². The molecule has 1 aliphatic carbocycles. The van der Waals surface area contributed by atoms with Gasteiger partial charge in [-0.3, -0.25) is 9.59 Å². The van der Waals surface area contributed by atoms with Crippen LogP contribution >= 0.6 is 0 Å². The second-order valence-corrected chi connectivity index (χ2v) is 4.46. The molecule has 1 rings (SSSR count). The summed E-state index contributed by atoms with van der Waals surface area (Å²) in [4.78, 5) is 27.8. The molecule has 0 aliphatic heterocycles. The molecule has 0 aromatic rings. The van der Waals surface area contributed by atoms with E-state index in [1.54, 1.807) is 0 Å². The third-order valence-electron chi connectivity index (χ3n) is 3.01. The van der Waals surface area contributed by atoms with E-state index in [0.29, 0.717) is 0 Å². The van der Waals surface area contributed by atoms with Crippen LogP contribution in [0.4, 0.5) is 0 Å². The second kappa shape index (κ2) is 8.63. The van der Waals surface area contributed by atoms with Gasteiger partial charge in [0.05, 0.1) is 0 Å². The van der Waals surface area contributed by atoms with Crippen molar-refractivity contribution in [1.82, 2.24) is 10.6 Å². The number of carbonyl (C=O) groups is 2. The Kier molecular flexibility index (Phi) is 6.74. The molecule has 0 bridgehead atoms. The molecule has 0 atom stereocenters. The fourth-order valence-electron chi connectivity index (χ4n) is 2.12. The smallest absolute Gasteiger partial charge is 0.226 e. The van der Waals surface area contributed by atoms with Crippen LogP contribution in [0.5, 0.6) is 0 Å². The van der Waals surface area contributed by atoms with Gasteiger partial charge in [0.15, 0.2) is 0 Å². The van der Waals surface area contributed by atoms with Gasteiger partial charge in [0, 0.05) is 21.9 Å². The quantitative estimate of drug-likeness (QED) is 0.425. The van der Waals surface area contributed by atoms with Crippen molar-refractivity contribution in [3.05, 3.63) is 20.9 Å². The summed E-state index contributed by atoms with van der Waals surface area (Å²) < 4.78 is 0. The van der Waals surface area contributed by atoms with Gasteiger partial charge in [0.25, 0.3) is 0 Å². The minimum atomic E-state index is -0.293. The van der Waals surface area contributed by atoms with Crippen LogP contribution in [0, 0.1) is 0 Å². The molecule has 20 heavy (non-hydrogen) atoms. The first-order valence-electron chi connectivity index (χ1n) is 6.26. The summed E-state index contributed by atoms with van der Waals surface area (Å²) in [5.74, 6) is -0.586. The Balaban J connectivity index is 2.25. The maximum absolute atomic E-state index is 11.4. The van der Waals surface area contributed by atoms with Crippen LogP contribution in [-0.2, 0) is 9.59 Å². The number of nitrogens with zero attached hydrogens (tertiary/aromatic N) is 6. The Morgan fingerprint density at radius 3 is 1.55 bits per heavy atom. The lowest BCUT2D eigenvalue weighted by molar-refractivity contribution is -0.122. The predicted octanol–water partition coefficient (Wildman–Crippen LogP) is 1.15. The number of nitrogens with one attached hydrogen (secondary N) is 2. The van der Waals surface area contributed by atoms with Gasteiger partial charge in [-0.05, 0) is 36.7 Å². The van der Waals surface area contributed by atoms with Gasteiger partial charge in [0.2, 0.25) is 11.8 Å². The zero-order chi connectivity index (χ0) is 14.8. The van der Waals surface area contributed by atoms with E-state index in [4.69, 9.17) is 11.1 Å². The molecule has 0 aromatic carbocycles. The first-order chi connectivity index (χ1) is 9.65. The lowest BCUT2D eigenvalue weighted by Gasteiger charge is -2.29. The van der Waals surface area contributed by atoms with Gasteiger partial charge in [-0.25, -0.2) is 0 Å². The Bertz CT molecular complexity index is 402. The van der Waals surface area contributed by atoms with Crippen LogP contribution in [0.25, 0.3) is 20.9 Å². The van der Waals surface area contributed by atoms with E-state index in [1.165, 1.54) is 0 Å². The lowest BCUT2D eigenvalue weighted by atomic mass is 9.91. The molecule has 0 radical (unpaired) electrons. The largest absolute Gasteiger partial charge is 0.353 e. The van der Waals surface area contributed by atoms with Gasteiger partial charge >= 0.3 is 0 Å². The molecule has 1 fully saturated rings. The summed E-state index contributed by atoms with van der Waals surface area (Å²) in [5, 5.41) is 11.9. The normalized spacial score (nSPS) is 21.0. The van der Waals surface area contributed by atoms with Gasteiger partial charge in [-0.15, -0.1) is 0 Å². The molecule has 0 saturated heterocycles. The number of amides is 2. The summed E-state index contributed by atoms with van der Waals surface area (Å²) in [6.07, 6.45) is 2.98. The first kappa shape index (κ1) is 15.6. The molecular formula is C10H16N8O2. The van der Waals surface area contributed by atoms with E-state index in [1.807, 2.05) is 0 Å². The van der Waals surface area contributed by atoms with Crippen LogP contribution in [0.3, 0.4) is 0 Å². The number of rotatable bonds is 6. The lowest BCUT2D eigenvalue weighted by Crippen LogP contribution is -2.44. The van der Waals surface area contributed by atoms with Crippen molar-refractivity contribution in [2.45, 2.75) is 37.8 Å². The second-order valence-electron chi connectivity index (χ2n) is 4.46. The summed E-state index contributed by atoms with van der Waals surface area (Å²) in [6, 6.07) is 0.0864. The van der Waals surface area contributed by atoms with Crippen LogP contribution in [0.2, 0.25) is 0 Å². The van der Waals surface area contributed by atoms with Crippen molar-refractivity contribution < 1.29 is 9.59 Å². The third kappa shape index (κ3) is 5.94. The van der Waals surface area contributed by atoms with Crippen LogP contribution in [0.15, 0.2) is 10.2 Å². The zero-order valence-electron chi connectivity index (χ0n) is 10.9. The van der Waals surface area contributed by atoms with E-state index in [2.05, 4.69) is 30.7 Å². The molecule has 0 spiro atoms. The minimum Gasteiger partial charge on any atom is -0.353 e. The van der Waals surface area contributed by atoms with E-state index >= 15 is 0 Å². The highest BCUT2D eigenvalue weighted by molar-refractivity contribution is 5.79. The maximum Gasteiger partial charge on any atom is 0.226 e. The average Bonchev–Trinajstić information content (AvgIpc) is 2.45. The third-order valence-corrected chi connectivity index (χ3v) is 3.01. The Morgan fingerprint density at radius 1 is 0.900 bits per heavy atom. The first-order valence-corrected chi connectivity index (χ1v) is 6.26. The molecule has 0 heterocycles. The highest BCUT2D eigenvalue weighted by atomic mass is 16.2. The van der Waals surface area contributed by atoms with Crippen molar-refractivity contribution in [3.63, 3.8) is 0 Å². The molecule has 108 valence electrons. The average molecular weight is 280 g/mol. The molecule has 0 unspecified atom stereocenters. The number of carbonyl (C=O) groups excluding carboxylic acids is 2.